The Balaban J connectivity index is 1.38. The number of amides is 1. The smallest absolute Gasteiger partial charge is 0.223 e. The van der Waals surface area contributed by atoms with Crippen molar-refractivity contribution in [3.8, 4) is 0 Å². The van der Waals surface area contributed by atoms with Crippen molar-refractivity contribution in [2.75, 3.05) is 44.2 Å². The van der Waals surface area contributed by atoms with Crippen LogP contribution in [0.15, 0.2) is 48.5 Å². The van der Waals surface area contributed by atoms with Gasteiger partial charge >= 0.3 is 0 Å². The number of halogens is 1. The minimum Gasteiger partial charge on any atom is -0.356 e. The van der Waals surface area contributed by atoms with Gasteiger partial charge in [0.1, 0.15) is 5.82 Å². The Morgan fingerprint density at radius 1 is 1.09 bits per heavy atom. The fourth-order valence-corrected chi connectivity index (χ4v) is 4.77. The van der Waals surface area contributed by atoms with Crippen molar-refractivity contribution in [1.82, 2.24) is 19.8 Å². The van der Waals surface area contributed by atoms with Crippen LogP contribution in [0.2, 0.25) is 0 Å². The molecule has 1 aliphatic heterocycles. The van der Waals surface area contributed by atoms with Crippen molar-refractivity contribution in [3.63, 3.8) is 0 Å². The van der Waals surface area contributed by atoms with Crippen molar-refractivity contribution in [2.24, 2.45) is 5.92 Å². The number of hydrogen-bond donors (Lipinski definition) is 1. The molecule has 0 spiro atoms. The highest BCUT2D eigenvalue weighted by molar-refractivity contribution is 5.80. The van der Waals surface area contributed by atoms with Crippen LogP contribution in [0.4, 0.5) is 10.3 Å². The third-order valence-corrected chi connectivity index (χ3v) is 6.88. The van der Waals surface area contributed by atoms with E-state index in [1.807, 2.05) is 30.3 Å². The molecule has 0 bridgehead atoms. The number of carbonyl (C=O) groups excluding carboxylic acids is 1. The molecule has 0 saturated carbocycles. The van der Waals surface area contributed by atoms with E-state index < -0.39 is 0 Å². The van der Waals surface area contributed by atoms with Crippen LogP contribution in [0.1, 0.15) is 38.7 Å². The SMILES string of the molecule is CCN(CC)CCCNC(=O)C1CCN(c2nc3ccccc3n2Cc2ccc(F)cc2)CC1. The van der Waals surface area contributed by atoms with E-state index in [1.54, 1.807) is 0 Å². The fourth-order valence-electron chi connectivity index (χ4n) is 4.77. The molecular weight excluding hydrogens is 429 g/mol. The van der Waals surface area contributed by atoms with Crippen LogP contribution in [0, 0.1) is 11.7 Å². The Kier molecular flexibility index (Phi) is 8.16. The van der Waals surface area contributed by atoms with E-state index in [2.05, 4.69) is 39.6 Å². The first-order valence-corrected chi connectivity index (χ1v) is 12.5. The summed E-state index contributed by atoms with van der Waals surface area (Å²) in [7, 11) is 0. The second-order valence-electron chi connectivity index (χ2n) is 9.05. The van der Waals surface area contributed by atoms with Crippen LogP contribution in [-0.2, 0) is 11.3 Å². The lowest BCUT2D eigenvalue weighted by molar-refractivity contribution is -0.125. The van der Waals surface area contributed by atoms with Gasteiger partial charge in [0.25, 0.3) is 0 Å². The maximum Gasteiger partial charge on any atom is 0.223 e. The van der Waals surface area contributed by atoms with Gasteiger partial charge in [-0.05, 0) is 68.7 Å². The van der Waals surface area contributed by atoms with Gasteiger partial charge in [-0.2, -0.15) is 0 Å². The number of para-hydroxylation sites is 2. The van der Waals surface area contributed by atoms with E-state index >= 15 is 0 Å². The van der Waals surface area contributed by atoms with Gasteiger partial charge < -0.3 is 19.7 Å². The number of nitrogens with zero attached hydrogens (tertiary/aromatic N) is 4. The normalized spacial score (nSPS) is 14.8. The van der Waals surface area contributed by atoms with Gasteiger partial charge in [-0.25, -0.2) is 9.37 Å². The molecule has 4 rings (SSSR count). The number of fused-ring (bicyclic) bond motifs is 1. The molecule has 2 aromatic carbocycles. The fraction of sp³-hybridized carbons (Fsp3) is 0.481. The van der Waals surface area contributed by atoms with Gasteiger partial charge in [-0.1, -0.05) is 38.1 Å². The molecule has 0 atom stereocenters. The van der Waals surface area contributed by atoms with Crippen molar-refractivity contribution in [3.05, 3.63) is 59.9 Å². The minimum absolute atomic E-state index is 0.0552. The molecule has 7 heteroatoms. The van der Waals surface area contributed by atoms with Crippen LogP contribution in [0.5, 0.6) is 0 Å². The van der Waals surface area contributed by atoms with Crippen LogP contribution in [0.25, 0.3) is 11.0 Å². The number of anilines is 1. The highest BCUT2D eigenvalue weighted by atomic mass is 19.1. The number of carbonyl (C=O) groups is 1. The quantitative estimate of drug-likeness (QED) is 0.454. The molecule has 1 fully saturated rings. The molecule has 0 radical (unpaired) electrons. The number of hydrogen-bond acceptors (Lipinski definition) is 4. The molecule has 1 amide bonds. The van der Waals surface area contributed by atoms with Gasteiger partial charge in [-0.15, -0.1) is 0 Å². The summed E-state index contributed by atoms with van der Waals surface area (Å²) in [5.41, 5.74) is 3.05. The molecular formula is C27H36FN5O. The number of piperidine rings is 1. The molecule has 6 nitrogen and oxygen atoms in total. The summed E-state index contributed by atoms with van der Waals surface area (Å²) in [4.78, 5) is 22.3. The molecule has 1 aromatic heterocycles. The molecule has 182 valence electrons. The average Bonchev–Trinajstić information content (AvgIpc) is 3.24. The highest BCUT2D eigenvalue weighted by Gasteiger charge is 2.27. The first-order chi connectivity index (χ1) is 16.6. The zero-order valence-electron chi connectivity index (χ0n) is 20.3. The third kappa shape index (κ3) is 5.76. The van der Waals surface area contributed by atoms with Gasteiger partial charge in [0.05, 0.1) is 17.6 Å². The monoisotopic (exact) mass is 465 g/mol. The van der Waals surface area contributed by atoms with Crippen molar-refractivity contribution in [2.45, 2.75) is 39.7 Å². The summed E-state index contributed by atoms with van der Waals surface area (Å²) in [5, 5.41) is 3.15. The van der Waals surface area contributed by atoms with E-state index in [4.69, 9.17) is 4.98 Å². The molecule has 1 N–H and O–H groups in total. The zero-order chi connectivity index (χ0) is 23.9. The average molecular weight is 466 g/mol. The van der Waals surface area contributed by atoms with Crippen molar-refractivity contribution in [1.29, 1.82) is 0 Å². The van der Waals surface area contributed by atoms with Crippen molar-refractivity contribution < 1.29 is 9.18 Å². The summed E-state index contributed by atoms with van der Waals surface area (Å²) in [6.07, 6.45) is 2.63. The van der Waals surface area contributed by atoms with Crippen LogP contribution in [-0.4, -0.2) is 59.6 Å². The predicted octanol–water partition coefficient (Wildman–Crippen LogP) is 4.29. The Labute approximate surface area is 201 Å². The highest BCUT2D eigenvalue weighted by Crippen LogP contribution is 2.28. The Morgan fingerprint density at radius 2 is 1.79 bits per heavy atom. The van der Waals surface area contributed by atoms with Gasteiger partial charge in [0, 0.05) is 25.6 Å². The summed E-state index contributed by atoms with van der Waals surface area (Å²) in [6.45, 7) is 10.4. The number of rotatable bonds is 10. The van der Waals surface area contributed by atoms with Crippen LogP contribution < -0.4 is 10.2 Å². The number of imidazole rings is 1. The summed E-state index contributed by atoms with van der Waals surface area (Å²) in [6, 6.07) is 14.8. The number of aromatic nitrogens is 2. The Hall–Kier alpha value is -2.93. The van der Waals surface area contributed by atoms with E-state index in [-0.39, 0.29) is 17.6 Å². The zero-order valence-corrected chi connectivity index (χ0v) is 20.3. The van der Waals surface area contributed by atoms with Gasteiger partial charge in [-0.3, -0.25) is 4.79 Å². The number of benzene rings is 2. The Bertz CT molecular complexity index is 1070. The van der Waals surface area contributed by atoms with Gasteiger partial charge in [0.15, 0.2) is 0 Å². The van der Waals surface area contributed by atoms with Gasteiger partial charge in [0.2, 0.25) is 11.9 Å². The molecule has 2 heterocycles. The first-order valence-electron chi connectivity index (χ1n) is 12.5. The Morgan fingerprint density at radius 3 is 2.50 bits per heavy atom. The second kappa shape index (κ2) is 11.5. The van der Waals surface area contributed by atoms with E-state index in [9.17, 15) is 9.18 Å². The van der Waals surface area contributed by atoms with E-state index in [0.29, 0.717) is 6.54 Å². The first kappa shape index (κ1) is 24.2. The summed E-state index contributed by atoms with van der Waals surface area (Å²) >= 11 is 0. The topological polar surface area (TPSA) is 53.4 Å². The van der Waals surface area contributed by atoms with Crippen molar-refractivity contribution >= 4 is 22.9 Å². The van der Waals surface area contributed by atoms with E-state index in [0.717, 1.165) is 81.1 Å². The molecule has 1 aliphatic rings. The van der Waals surface area contributed by atoms with Crippen LogP contribution >= 0.6 is 0 Å². The standard InChI is InChI=1S/C27H36FN5O/c1-3-31(4-2)17-7-16-29-26(34)22-14-18-32(19-15-22)27-30-24-8-5-6-9-25(24)33(27)20-21-10-12-23(28)13-11-21/h5-6,8-13,22H,3-4,7,14-20H2,1-2H3,(H,29,34). The van der Waals surface area contributed by atoms with E-state index in [1.165, 1.54) is 12.1 Å². The number of nitrogens with one attached hydrogen (secondary N) is 1. The molecule has 0 aliphatic carbocycles. The molecule has 34 heavy (non-hydrogen) atoms. The largest absolute Gasteiger partial charge is 0.356 e. The molecule has 1 saturated heterocycles. The summed E-state index contributed by atoms with van der Waals surface area (Å²) in [5.74, 6) is 0.926. The lowest BCUT2D eigenvalue weighted by Gasteiger charge is -2.32. The predicted molar refractivity (Wildman–Crippen MR) is 136 cm³/mol. The summed E-state index contributed by atoms with van der Waals surface area (Å²) < 4.78 is 15.6. The maximum absolute atomic E-state index is 13.4. The lowest BCUT2D eigenvalue weighted by Crippen LogP contribution is -2.42. The second-order valence-corrected chi connectivity index (χ2v) is 9.05. The third-order valence-electron chi connectivity index (χ3n) is 6.88. The minimum atomic E-state index is -0.229. The van der Waals surface area contributed by atoms with Crippen LogP contribution in [0.3, 0.4) is 0 Å². The lowest BCUT2D eigenvalue weighted by atomic mass is 9.96. The molecule has 3 aromatic rings. The molecule has 0 unspecified atom stereocenters. The maximum atomic E-state index is 13.4.